The fourth-order valence-corrected chi connectivity index (χ4v) is 5.28. The predicted molar refractivity (Wildman–Crippen MR) is 142 cm³/mol. The zero-order valence-corrected chi connectivity index (χ0v) is 22.3. The summed E-state index contributed by atoms with van der Waals surface area (Å²) in [4.78, 5) is 39.7. The Morgan fingerprint density at radius 3 is 2.64 bits per heavy atom. The van der Waals surface area contributed by atoms with Crippen LogP contribution >= 0.6 is 0 Å². The lowest BCUT2D eigenvalue weighted by atomic mass is 9.77. The van der Waals surface area contributed by atoms with Crippen molar-refractivity contribution in [1.29, 1.82) is 0 Å². The van der Waals surface area contributed by atoms with Crippen LogP contribution in [0.25, 0.3) is 0 Å². The fourth-order valence-electron chi connectivity index (χ4n) is 5.28. The largest absolute Gasteiger partial charge is 0.497 e. The van der Waals surface area contributed by atoms with Gasteiger partial charge in [0.15, 0.2) is 11.5 Å². The summed E-state index contributed by atoms with van der Waals surface area (Å²) in [5.41, 5.74) is 2.10. The van der Waals surface area contributed by atoms with Crippen LogP contribution in [0.15, 0.2) is 48.0 Å². The number of hydrogen-bond donors (Lipinski definition) is 3. The quantitative estimate of drug-likeness (QED) is 0.368. The summed E-state index contributed by atoms with van der Waals surface area (Å²) >= 11 is 0. The number of aldehydes is 1. The summed E-state index contributed by atoms with van der Waals surface area (Å²) in [5.74, 6) is -0.0194. The van der Waals surface area contributed by atoms with Gasteiger partial charge in [-0.3, -0.25) is 14.4 Å². The van der Waals surface area contributed by atoms with Crippen molar-refractivity contribution in [1.82, 2.24) is 10.2 Å². The molecule has 2 amide bonds. The SMILES string of the molecule is CCC(=O)N(CCc1cccc(OC)c1)C1C=C(C(=O)NCCO)C2c3cc(C=O)cc(OC)c3OC2C1O. The van der Waals surface area contributed by atoms with Crippen molar-refractivity contribution in [2.45, 2.75) is 43.9 Å². The first kappa shape index (κ1) is 28.1. The van der Waals surface area contributed by atoms with Gasteiger partial charge in [0.1, 0.15) is 24.2 Å². The highest BCUT2D eigenvalue weighted by Gasteiger charge is 2.51. The number of amides is 2. The Morgan fingerprint density at radius 1 is 1.18 bits per heavy atom. The predicted octanol–water partition coefficient (Wildman–Crippen LogP) is 1.62. The molecule has 0 spiro atoms. The summed E-state index contributed by atoms with van der Waals surface area (Å²) < 4.78 is 17.0. The number of carbonyl (C=O) groups is 3. The van der Waals surface area contributed by atoms with Gasteiger partial charge in [-0.25, -0.2) is 0 Å². The fraction of sp³-hybridized carbons (Fsp3) is 0.414. The highest BCUT2D eigenvalue weighted by Crippen LogP contribution is 2.51. The molecular formula is C29H34N2O8. The van der Waals surface area contributed by atoms with Crippen LogP contribution in [0, 0.1) is 0 Å². The van der Waals surface area contributed by atoms with E-state index in [-0.39, 0.29) is 37.6 Å². The smallest absolute Gasteiger partial charge is 0.247 e. The number of benzene rings is 2. The average Bonchev–Trinajstić information content (AvgIpc) is 3.36. The summed E-state index contributed by atoms with van der Waals surface area (Å²) in [7, 11) is 3.03. The monoisotopic (exact) mass is 538 g/mol. The van der Waals surface area contributed by atoms with E-state index < -0.39 is 30.1 Å². The lowest BCUT2D eigenvalue weighted by molar-refractivity contribution is -0.136. The number of ether oxygens (including phenoxy) is 3. The molecule has 39 heavy (non-hydrogen) atoms. The van der Waals surface area contributed by atoms with Gasteiger partial charge in [-0.15, -0.1) is 0 Å². The van der Waals surface area contributed by atoms with Crippen LogP contribution < -0.4 is 19.5 Å². The Morgan fingerprint density at radius 2 is 1.97 bits per heavy atom. The number of aliphatic hydroxyl groups is 2. The van der Waals surface area contributed by atoms with Crippen molar-refractivity contribution < 1.29 is 38.8 Å². The maximum Gasteiger partial charge on any atom is 0.247 e. The molecule has 10 nitrogen and oxygen atoms in total. The lowest BCUT2D eigenvalue weighted by Gasteiger charge is -2.40. The van der Waals surface area contributed by atoms with E-state index in [1.54, 1.807) is 31.1 Å². The molecule has 0 aromatic heterocycles. The molecule has 1 aliphatic heterocycles. The van der Waals surface area contributed by atoms with Gasteiger partial charge in [0.05, 0.1) is 32.8 Å². The first-order chi connectivity index (χ1) is 18.9. The van der Waals surface area contributed by atoms with Crippen molar-refractivity contribution in [3.05, 3.63) is 64.7 Å². The molecule has 4 atom stereocenters. The molecule has 208 valence electrons. The second-order valence-electron chi connectivity index (χ2n) is 9.44. The summed E-state index contributed by atoms with van der Waals surface area (Å²) in [6.45, 7) is 1.80. The third kappa shape index (κ3) is 5.62. The molecular weight excluding hydrogens is 504 g/mol. The van der Waals surface area contributed by atoms with Crippen LogP contribution in [0.1, 0.15) is 40.7 Å². The maximum absolute atomic E-state index is 13.3. The molecule has 1 heterocycles. The minimum absolute atomic E-state index is 0.0274. The summed E-state index contributed by atoms with van der Waals surface area (Å²) in [6.07, 6.45) is 0.890. The number of nitrogens with zero attached hydrogens (tertiary/aromatic N) is 1. The van der Waals surface area contributed by atoms with Crippen molar-refractivity contribution in [3.63, 3.8) is 0 Å². The van der Waals surface area contributed by atoms with Gasteiger partial charge >= 0.3 is 0 Å². The minimum Gasteiger partial charge on any atom is -0.497 e. The standard InChI is InChI=1S/C29H34N2O8/c1-4-24(34)31(10-8-17-6-5-7-19(12-17)37-2)22-15-21(29(36)30-9-11-32)25-20-13-18(16-33)14-23(38-3)27(20)39-28(25)26(22)35/h5-7,12-16,22,25-26,28,32,35H,4,8-11H2,1-3H3,(H,30,36). The molecule has 2 aliphatic rings. The highest BCUT2D eigenvalue weighted by atomic mass is 16.5. The Kier molecular flexibility index (Phi) is 8.88. The molecule has 2 aromatic rings. The second kappa shape index (κ2) is 12.3. The first-order valence-electron chi connectivity index (χ1n) is 12.9. The molecule has 0 radical (unpaired) electrons. The van der Waals surface area contributed by atoms with Gasteiger partial charge < -0.3 is 34.6 Å². The molecule has 1 aliphatic carbocycles. The van der Waals surface area contributed by atoms with E-state index in [1.165, 1.54) is 13.2 Å². The van der Waals surface area contributed by atoms with Crippen LogP contribution in [-0.4, -0.2) is 85.4 Å². The molecule has 4 rings (SSSR count). The number of rotatable bonds is 11. The van der Waals surface area contributed by atoms with Gasteiger partial charge in [-0.1, -0.05) is 19.1 Å². The Balaban J connectivity index is 1.75. The molecule has 3 N–H and O–H groups in total. The first-order valence-corrected chi connectivity index (χ1v) is 12.9. The number of methoxy groups -OCH3 is 2. The van der Waals surface area contributed by atoms with Crippen LogP contribution in [-0.2, 0) is 16.0 Å². The van der Waals surface area contributed by atoms with Gasteiger partial charge in [0.25, 0.3) is 0 Å². The summed E-state index contributed by atoms with van der Waals surface area (Å²) in [5, 5.41) is 23.6. The van der Waals surface area contributed by atoms with Crippen molar-refractivity contribution >= 4 is 18.1 Å². The Bertz CT molecular complexity index is 1260. The molecule has 4 unspecified atom stereocenters. The third-order valence-electron chi connectivity index (χ3n) is 7.17. The van der Waals surface area contributed by atoms with Gasteiger partial charge in [-0.2, -0.15) is 0 Å². The number of nitrogens with one attached hydrogen (secondary N) is 1. The van der Waals surface area contributed by atoms with E-state index >= 15 is 0 Å². The maximum atomic E-state index is 13.3. The molecule has 0 bridgehead atoms. The number of fused-ring (bicyclic) bond motifs is 3. The number of aliphatic hydroxyl groups excluding tert-OH is 2. The number of carbonyl (C=O) groups excluding carboxylic acids is 3. The van der Waals surface area contributed by atoms with Crippen molar-refractivity contribution in [3.8, 4) is 17.2 Å². The highest BCUT2D eigenvalue weighted by molar-refractivity contribution is 5.96. The van der Waals surface area contributed by atoms with Gasteiger partial charge in [0, 0.05) is 36.2 Å². The zero-order chi connectivity index (χ0) is 28.1. The average molecular weight is 539 g/mol. The topological polar surface area (TPSA) is 135 Å². The molecule has 0 saturated heterocycles. The summed E-state index contributed by atoms with van der Waals surface area (Å²) in [6, 6.07) is 9.82. The van der Waals surface area contributed by atoms with E-state index in [0.29, 0.717) is 41.1 Å². The van der Waals surface area contributed by atoms with Gasteiger partial charge in [0.2, 0.25) is 11.8 Å². The third-order valence-corrected chi connectivity index (χ3v) is 7.17. The van der Waals surface area contributed by atoms with E-state index in [4.69, 9.17) is 14.2 Å². The van der Waals surface area contributed by atoms with Gasteiger partial charge in [-0.05, 0) is 42.3 Å². The van der Waals surface area contributed by atoms with Crippen LogP contribution in [0.2, 0.25) is 0 Å². The minimum atomic E-state index is -1.18. The van der Waals surface area contributed by atoms with E-state index in [2.05, 4.69) is 5.32 Å². The Labute approximate surface area is 227 Å². The van der Waals surface area contributed by atoms with E-state index in [9.17, 15) is 24.6 Å². The molecule has 0 fully saturated rings. The second-order valence-corrected chi connectivity index (χ2v) is 9.44. The van der Waals surface area contributed by atoms with Crippen LogP contribution in [0.4, 0.5) is 0 Å². The number of hydrogen-bond acceptors (Lipinski definition) is 8. The lowest BCUT2D eigenvalue weighted by Crippen LogP contribution is -2.56. The van der Waals surface area contributed by atoms with Crippen LogP contribution in [0.5, 0.6) is 17.2 Å². The van der Waals surface area contributed by atoms with E-state index in [0.717, 1.165) is 5.56 Å². The molecule has 10 heteroatoms. The molecule has 0 saturated carbocycles. The Hall–Kier alpha value is -3.89. The van der Waals surface area contributed by atoms with Crippen molar-refractivity contribution in [2.24, 2.45) is 0 Å². The normalized spacial score (nSPS) is 21.1. The van der Waals surface area contributed by atoms with E-state index in [1.807, 2.05) is 24.3 Å². The van der Waals surface area contributed by atoms with Crippen LogP contribution in [0.3, 0.4) is 0 Å². The molecule has 2 aromatic carbocycles. The van der Waals surface area contributed by atoms with Crippen molar-refractivity contribution in [2.75, 3.05) is 33.9 Å². The zero-order valence-electron chi connectivity index (χ0n) is 22.3.